The first-order valence-corrected chi connectivity index (χ1v) is 8.12. The molecule has 1 fully saturated rings. The molecule has 0 aliphatic carbocycles. The van der Waals surface area contributed by atoms with Crippen LogP contribution in [-0.4, -0.2) is 34.9 Å². The SMILES string of the molecule is CCOC(=O)C1=C(C)N=C2SCCN2C1c1ccccc1. The van der Waals surface area contributed by atoms with E-state index in [0.717, 1.165) is 28.7 Å². The van der Waals surface area contributed by atoms with E-state index in [1.807, 2.05) is 32.0 Å². The predicted molar refractivity (Wildman–Crippen MR) is 85.1 cm³/mol. The number of hydrogen-bond donors (Lipinski definition) is 0. The standard InChI is InChI=1S/C16H18N2O2S/c1-3-20-15(19)13-11(2)17-16-18(9-10-21-16)14(13)12-7-5-4-6-8-12/h4-8,14H,3,9-10H2,1-2H3. The van der Waals surface area contributed by atoms with Crippen LogP contribution in [0.4, 0.5) is 0 Å². The Morgan fingerprint density at radius 3 is 2.90 bits per heavy atom. The third-order valence-corrected chi connectivity index (χ3v) is 4.63. The van der Waals surface area contributed by atoms with Gasteiger partial charge in [0.05, 0.1) is 23.9 Å². The predicted octanol–water partition coefficient (Wildman–Crippen LogP) is 2.98. The lowest BCUT2D eigenvalue weighted by Crippen LogP contribution is -2.36. The lowest BCUT2D eigenvalue weighted by atomic mass is 9.95. The summed E-state index contributed by atoms with van der Waals surface area (Å²) in [7, 11) is 0. The molecule has 21 heavy (non-hydrogen) atoms. The summed E-state index contributed by atoms with van der Waals surface area (Å²) in [6, 6.07) is 10.0. The molecule has 0 spiro atoms. The van der Waals surface area contributed by atoms with Crippen molar-refractivity contribution >= 4 is 22.9 Å². The number of fused-ring (bicyclic) bond motifs is 1. The summed E-state index contributed by atoms with van der Waals surface area (Å²) in [5, 5.41) is 1.01. The number of thioether (sulfide) groups is 1. The molecule has 1 aromatic carbocycles. The minimum Gasteiger partial charge on any atom is -0.463 e. The second-order valence-corrected chi connectivity index (χ2v) is 6.03. The van der Waals surface area contributed by atoms with Gasteiger partial charge in [0.25, 0.3) is 0 Å². The minimum absolute atomic E-state index is 0.0900. The molecule has 0 saturated carbocycles. The highest BCUT2D eigenvalue weighted by molar-refractivity contribution is 8.14. The third-order valence-electron chi connectivity index (χ3n) is 3.66. The van der Waals surface area contributed by atoms with Gasteiger partial charge < -0.3 is 9.64 Å². The highest BCUT2D eigenvalue weighted by Gasteiger charge is 2.38. The normalized spacial score (nSPS) is 21.1. The summed E-state index contributed by atoms with van der Waals surface area (Å²) in [6.07, 6.45) is 0. The van der Waals surface area contributed by atoms with E-state index in [0.29, 0.717) is 12.2 Å². The number of benzene rings is 1. The molecule has 2 heterocycles. The maximum absolute atomic E-state index is 12.4. The molecule has 2 aliphatic rings. The number of rotatable bonds is 3. The molecule has 1 atom stereocenters. The molecule has 0 radical (unpaired) electrons. The number of nitrogens with zero attached hydrogens (tertiary/aromatic N) is 2. The van der Waals surface area contributed by atoms with Crippen LogP contribution in [0.2, 0.25) is 0 Å². The molecule has 5 heteroatoms. The minimum atomic E-state index is -0.261. The van der Waals surface area contributed by atoms with Crippen molar-refractivity contribution in [2.75, 3.05) is 18.9 Å². The van der Waals surface area contributed by atoms with Gasteiger partial charge in [0.1, 0.15) is 0 Å². The monoisotopic (exact) mass is 302 g/mol. The summed E-state index contributed by atoms with van der Waals surface area (Å²) >= 11 is 1.75. The first kappa shape index (κ1) is 14.2. The van der Waals surface area contributed by atoms with Crippen LogP contribution in [0.15, 0.2) is 46.6 Å². The van der Waals surface area contributed by atoms with Crippen molar-refractivity contribution in [2.24, 2.45) is 4.99 Å². The van der Waals surface area contributed by atoms with Crippen LogP contribution < -0.4 is 0 Å². The van der Waals surface area contributed by atoms with Gasteiger partial charge in [-0.1, -0.05) is 42.1 Å². The van der Waals surface area contributed by atoms with Gasteiger partial charge in [-0.15, -0.1) is 0 Å². The smallest absolute Gasteiger partial charge is 0.338 e. The number of aliphatic imine (C=N–C) groups is 1. The summed E-state index contributed by atoms with van der Waals surface area (Å²) in [5.74, 6) is 0.745. The number of ether oxygens (including phenoxy) is 1. The van der Waals surface area contributed by atoms with Gasteiger partial charge in [-0.05, 0) is 19.4 Å². The molecule has 1 unspecified atom stereocenters. The van der Waals surface area contributed by atoms with Crippen LogP contribution in [0, 0.1) is 0 Å². The zero-order valence-corrected chi connectivity index (χ0v) is 13.0. The van der Waals surface area contributed by atoms with Crippen molar-refractivity contribution in [1.82, 2.24) is 4.90 Å². The molecule has 1 saturated heterocycles. The van der Waals surface area contributed by atoms with Gasteiger partial charge in [-0.25, -0.2) is 9.79 Å². The van der Waals surface area contributed by atoms with Crippen LogP contribution in [-0.2, 0) is 9.53 Å². The summed E-state index contributed by atoms with van der Waals surface area (Å²) < 4.78 is 5.25. The van der Waals surface area contributed by atoms with Crippen LogP contribution in [0.25, 0.3) is 0 Å². The van der Waals surface area contributed by atoms with Gasteiger partial charge >= 0.3 is 5.97 Å². The van der Waals surface area contributed by atoms with Crippen LogP contribution >= 0.6 is 11.8 Å². The number of amidine groups is 1. The quantitative estimate of drug-likeness (QED) is 0.805. The molecule has 2 aliphatic heterocycles. The zero-order valence-electron chi connectivity index (χ0n) is 12.2. The van der Waals surface area contributed by atoms with Crippen molar-refractivity contribution < 1.29 is 9.53 Å². The van der Waals surface area contributed by atoms with Gasteiger partial charge in [-0.2, -0.15) is 0 Å². The fraction of sp³-hybridized carbons (Fsp3) is 0.375. The fourth-order valence-corrected chi connectivity index (χ4v) is 3.79. The van der Waals surface area contributed by atoms with E-state index in [4.69, 9.17) is 4.74 Å². The lowest BCUT2D eigenvalue weighted by Gasteiger charge is -2.34. The number of allylic oxidation sites excluding steroid dienone is 1. The highest BCUT2D eigenvalue weighted by atomic mass is 32.2. The molecule has 4 nitrogen and oxygen atoms in total. The zero-order chi connectivity index (χ0) is 14.8. The third kappa shape index (κ3) is 2.58. The Hall–Kier alpha value is -1.75. The van der Waals surface area contributed by atoms with E-state index < -0.39 is 0 Å². The van der Waals surface area contributed by atoms with Crippen LogP contribution in [0.5, 0.6) is 0 Å². The molecule has 3 rings (SSSR count). The van der Waals surface area contributed by atoms with Gasteiger partial charge in [-0.3, -0.25) is 0 Å². The average molecular weight is 302 g/mol. The Balaban J connectivity index is 2.08. The maximum Gasteiger partial charge on any atom is 0.338 e. The number of carbonyl (C=O) groups excluding carboxylic acids is 1. The number of hydrogen-bond acceptors (Lipinski definition) is 5. The summed E-state index contributed by atoms with van der Waals surface area (Å²) in [4.78, 5) is 19.2. The van der Waals surface area contributed by atoms with Gasteiger partial charge in [0.15, 0.2) is 5.17 Å². The average Bonchev–Trinajstić information content (AvgIpc) is 2.94. The van der Waals surface area contributed by atoms with E-state index in [2.05, 4.69) is 22.0 Å². The maximum atomic E-state index is 12.4. The van der Waals surface area contributed by atoms with Gasteiger partial charge in [0.2, 0.25) is 0 Å². The second kappa shape index (κ2) is 5.93. The first-order valence-electron chi connectivity index (χ1n) is 7.13. The Morgan fingerprint density at radius 1 is 1.43 bits per heavy atom. The van der Waals surface area contributed by atoms with E-state index >= 15 is 0 Å². The van der Waals surface area contributed by atoms with E-state index in [-0.39, 0.29) is 12.0 Å². The molecule has 0 N–H and O–H groups in total. The van der Waals surface area contributed by atoms with Gasteiger partial charge in [0, 0.05) is 12.3 Å². The van der Waals surface area contributed by atoms with Crippen LogP contribution in [0.1, 0.15) is 25.5 Å². The van der Waals surface area contributed by atoms with Crippen molar-refractivity contribution in [1.29, 1.82) is 0 Å². The fourth-order valence-electron chi connectivity index (χ4n) is 2.76. The van der Waals surface area contributed by atoms with Crippen molar-refractivity contribution in [3.8, 4) is 0 Å². The largest absolute Gasteiger partial charge is 0.463 e. The molecular weight excluding hydrogens is 284 g/mol. The second-order valence-electron chi connectivity index (χ2n) is 4.97. The van der Waals surface area contributed by atoms with Crippen molar-refractivity contribution in [3.63, 3.8) is 0 Å². The summed E-state index contributed by atoms with van der Waals surface area (Å²) in [6.45, 7) is 5.00. The lowest BCUT2D eigenvalue weighted by molar-refractivity contribution is -0.139. The molecule has 0 amide bonds. The molecule has 1 aromatic rings. The summed E-state index contributed by atoms with van der Waals surface area (Å²) in [5.41, 5.74) is 2.53. The van der Waals surface area contributed by atoms with Crippen molar-refractivity contribution in [2.45, 2.75) is 19.9 Å². The number of carbonyl (C=O) groups is 1. The molecule has 0 bridgehead atoms. The molecular formula is C16H18N2O2S. The van der Waals surface area contributed by atoms with E-state index in [1.165, 1.54) is 0 Å². The number of esters is 1. The molecule has 0 aromatic heterocycles. The molecule has 110 valence electrons. The Kier molecular flexibility index (Phi) is 4.01. The Labute approximate surface area is 128 Å². The Bertz CT molecular complexity index is 610. The highest BCUT2D eigenvalue weighted by Crippen LogP contribution is 2.40. The van der Waals surface area contributed by atoms with E-state index in [9.17, 15) is 4.79 Å². The van der Waals surface area contributed by atoms with Crippen LogP contribution in [0.3, 0.4) is 0 Å². The first-order chi connectivity index (χ1) is 10.2. The topological polar surface area (TPSA) is 41.9 Å². The Morgan fingerprint density at radius 2 is 2.19 bits per heavy atom. The van der Waals surface area contributed by atoms with Crippen molar-refractivity contribution in [3.05, 3.63) is 47.2 Å². The van der Waals surface area contributed by atoms with E-state index in [1.54, 1.807) is 11.8 Å².